The highest BCUT2D eigenvalue weighted by atomic mass is 16.1. The second-order valence-corrected chi connectivity index (χ2v) is 7.51. The summed E-state index contributed by atoms with van der Waals surface area (Å²) in [5.41, 5.74) is 3.14. The molecule has 2 aromatic rings. The Labute approximate surface area is 172 Å². The van der Waals surface area contributed by atoms with Crippen LogP contribution in [-0.2, 0) is 4.79 Å². The van der Waals surface area contributed by atoms with Crippen molar-refractivity contribution in [1.82, 2.24) is 15.3 Å². The Morgan fingerprint density at radius 3 is 2.66 bits per heavy atom. The van der Waals surface area contributed by atoms with E-state index in [0.29, 0.717) is 5.56 Å². The number of carbonyl (C=O) groups excluding carboxylic acids is 2. The molecule has 0 aliphatic heterocycles. The maximum atomic E-state index is 12.4. The van der Waals surface area contributed by atoms with E-state index in [1.165, 1.54) is 19.3 Å². The number of aldehydes is 1. The van der Waals surface area contributed by atoms with Gasteiger partial charge in [-0.2, -0.15) is 0 Å². The lowest BCUT2D eigenvalue weighted by atomic mass is 9.90. The summed E-state index contributed by atoms with van der Waals surface area (Å²) in [7, 11) is 0. The molecule has 1 heterocycles. The lowest BCUT2D eigenvalue weighted by Gasteiger charge is -2.17. The van der Waals surface area contributed by atoms with Gasteiger partial charge in [0.15, 0.2) is 0 Å². The largest absolute Gasteiger partial charge is 0.338 e. The molecule has 152 valence electrons. The summed E-state index contributed by atoms with van der Waals surface area (Å²) >= 11 is 0. The first kappa shape index (κ1) is 20.8. The number of allylic oxidation sites excluding steroid dienone is 5. The SMILES string of the molecule is C\C=C/C(=C\C=C\NC(=O)C1CCCCCCC1)c1nc2ccc(C=O)cc2[nH]1. The lowest BCUT2D eigenvalue weighted by Crippen LogP contribution is -2.27. The van der Waals surface area contributed by atoms with Gasteiger partial charge in [0, 0.05) is 23.3 Å². The van der Waals surface area contributed by atoms with Gasteiger partial charge in [-0.3, -0.25) is 9.59 Å². The fourth-order valence-electron chi connectivity index (χ4n) is 3.75. The average Bonchev–Trinajstić information content (AvgIpc) is 3.13. The molecule has 1 aliphatic rings. The number of hydrogen-bond acceptors (Lipinski definition) is 3. The van der Waals surface area contributed by atoms with E-state index in [4.69, 9.17) is 0 Å². The first-order valence-corrected chi connectivity index (χ1v) is 10.5. The van der Waals surface area contributed by atoms with Crippen LogP contribution < -0.4 is 5.32 Å². The molecule has 1 saturated carbocycles. The van der Waals surface area contributed by atoms with Crippen molar-refractivity contribution >= 4 is 28.8 Å². The quantitative estimate of drug-likeness (QED) is 0.516. The predicted molar refractivity (Wildman–Crippen MR) is 117 cm³/mol. The van der Waals surface area contributed by atoms with E-state index in [9.17, 15) is 9.59 Å². The van der Waals surface area contributed by atoms with Crippen molar-refractivity contribution < 1.29 is 9.59 Å². The monoisotopic (exact) mass is 391 g/mol. The van der Waals surface area contributed by atoms with Crippen molar-refractivity contribution in [2.75, 3.05) is 0 Å². The van der Waals surface area contributed by atoms with Gasteiger partial charge in [0.1, 0.15) is 12.1 Å². The van der Waals surface area contributed by atoms with E-state index < -0.39 is 0 Å². The molecule has 0 spiro atoms. The van der Waals surface area contributed by atoms with E-state index in [0.717, 1.165) is 54.4 Å². The highest BCUT2D eigenvalue weighted by Gasteiger charge is 2.18. The van der Waals surface area contributed by atoms with Crippen LogP contribution in [0.2, 0.25) is 0 Å². The van der Waals surface area contributed by atoms with Gasteiger partial charge in [0.05, 0.1) is 11.0 Å². The Morgan fingerprint density at radius 1 is 1.17 bits per heavy atom. The average molecular weight is 392 g/mol. The van der Waals surface area contributed by atoms with Gasteiger partial charge >= 0.3 is 0 Å². The molecule has 1 amide bonds. The molecule has 0 radical (unpaired) electrons. The molecule has 1 aromatic heterocycles. The molecule has 0 atom stereocenters. The van der Waals surface area contributed by atoms with Gasteiger partial charge in [-0.15, -0.1) is 0 Å². The number of rotatable bonds is 6. The molecular formula is C24H29N3O2. The standard InChI is InChI=1S/C24H29N3O2/c1-2-9-19(23-26-21-14-13-18(17-28)16-22(21)27-23)12-8-15-25-24(29)20-10-6-4-3-5-7-11-20/h2,8-9,12-17,20H,3-7,10-11H2,1H3,(H,25,29)(H,26,27)/b9-2-,15-8+,19-12+. The van der Waals surface area contributed by atoms with Crippen LogP contribution in [0.1, 0.15) is 68.1 Å². The zero-order chi connectivity index (χ0) is 20.5. The maximum Gasteiger partial charge on any atom is 0.227 e. The molecule has 0 unspecified atom stereocenters. The second-order valence-electron chi connectivity index (χ2n) is 7.51. The molecular weight excluding hydrogens is 362 g/mol. The maximum absolute atomic E-state index is 12.4. The fourth-order valence-corrected chi connectivity index (χ4v) is 3.75. The van der Waals surface area contributed by atoms with E-state index in [1.807, 2.05) is 37.3 Å². The number of nitrogens with zero attached hydrogens (tertiary/aromatic N) is 1. The van der Waals surface area contributed by atoms with E-state index >= 15 is 0 Å². The first-order chi connectivity index (χ1) is 14.2. The summed E-state index contributed by atoms with van der Waals surface area (Å²) in [6.45, 7) is 1.95. The predicted octanol–water partition coefficient (Wildman–Crippen LogP) is 5.33. The van der Waals surface area contributed by atoms with Crippen molar-refractivity contribution in [2.45, 2.75) is 51.9 Å². The fraction of sp³-hybridized carbons (Fsp3) is 0.375. The summed E-state index contributed by atoms with van der Waals surface area (Å²) in [5.74, 6) is 0.965. The minimum atomic E-state index is 0.120. The number of fused-ring (bicyclic) bond motifs is 1. The zero-order valence-corrected chi connectivity index (χ0v) is 17.0. The Balaban J connectivity index is 1.68. The van der Waals surface area contributed by atoms with E-state index in [-0.39, 0.29) is 11.8 Å². The minimum absolute atomic E-state index is 0.120. The molecule has 2 N–H and O–H groups in total. The molecule has 1 aromatic carbocycles. The number of nitrogens with one attached hydrogen (secondary N) is 2. The highest BCUT2D eigenvalue weighted by molar-refractivity contribution is 5.87. The van der Waals surface area contributed by atoms with Crippen LogP contribution in [0.15, 0.2) is 48.7 Å². The summed E-state index contributed by atoms with van der Waals surface area (Å²) in [5, 5.41) is 2.93. The minimum Gasteiger partial charge on any atom is -0.338 e. The zero-order valence-electron chi connectivity index (χ0n) is 17.0. The number of aromatic amines is 1. The number of amides is 1. The summed E-state index contributed by atoms with van der Waals surface area (Å²) in [6.07, 6.45) is 18.2. The van der Waals surface area contributed by atoms with Crippen LogP contribution in [0.3, 0.4) is 0 Å². The van der Waals surface area contributed by atoms with Crippen LogP contribution in [0.25, 0.3) is 16.6 Å². The first-order valence-electron chi connectivity index (χ1n) is 10.5. The number of aromatic nitrogens is 2. The molecule has 0 saturated heterocycles. The van der Waals surface area contributed by atoms with Crippen molar-refractivity contribution in [3.63, 3.8) is 0 Å². The molecule has 29 heavy (non-hydrogen) atoms. The van der Waals surface area contributed by atoms with Crippen LogP contribution in [0.4, 0.5) is 0 Å². The van der Waals surface area contributed by atoms with Gasteiger partial charge in [-0.25, -0.2) is 4.98 Å². The van der Waals surface area contributed by atoms with Gasteiger partial charge in [0.25, 0.3) is 0 Å². The van der Waals surface area contributed by atoms with Gasteiger partial charge < -0.3 is 10.3 Å². The van der Waals surface area contributed by atoms with E-state index in [1.54, 1.807) is 18.3 Å². The van der Waals surface area contributed by atoms with Gasteiger partial charge in [0.2, 0.25) is 5.91 Å². The summed E-state index contributed by atoms with van der Waals surface area (Å²) < 4.78 is 0. The van der Waals surface area contributed by atoms with Crippen LogP contribution in [-0.4, -0.2) is 22.2 Å². The molecule has 3 rings (SSSR count). The third-order valence-electron chi connectivity index (χ3n) is 5.34. The number of benzene rings is 1. The van der Waals surface area contributed by atoms with Crippen molar-refractivity contribution in [2.24, 2.45) is 5.92 Å². The van der Waals surface area contributed by atoms with Crippen LogP contribution >= 0.6 is 0 Å². The summed E-state index contributed by atoms with van der Waals surface area (Å²) in [4.78, 5) is 31.3. The van der Waals surface area contributed by atoms with Crippen LogP contribution in [0, 0.1) is 5.92 Å². The molecule has 5 heteroatoms. The third kappa shape index (κ3) is 5.76. The Morgan fingerprint density at radius 2 is 1.93 bits per heavy atom. The molecule has 1 aliphatic carbocycles. The highest BCUT2D eigenvalue weighted by Crippen LogP contribution is 2.22. The number of H-pyrrole nitrogens is 1. The summed E-state index contributed by atoms with van der Waals surface area (Å²) in [6, 6.07) is 5.37. The Kier molecular flexibility index (Phi) is 7.56. The second kappa shape index (κ2) is 10.6. The van der Waals surface area contributed by atoms with Crippen LogP contribution in [0.5, 0.6) is 0 Å². The number of hydrogen-bond donors (Lipinski definition) is 2. The molecule has 0 bridgehead atoms. The lowest BCUT2D eigenvalue weighted by molar-refractivity contribution is -0.124. The smallest absolute Gasteiger partial charge is 0.227 e. The Hall–Kier alpha value is -2.95. The topological polar surface area (TPSA) is 74.8 Å². The van der Waals surface area contributed by atoms with Crippen molar-refractivity contribution in [1.29, 1.82) is 0 Å². The number of carbonyl (C=O) groups is 2. The molecule has 5 nitrogen and oxygen atoms in total. The van der Waals surface area contributed by atoms with E-state index in [2.05, 4.69) is 15.3 Å². The molecule has 1 fully saturated rings. The van der Waals surface area contributed by atoms with Gasteiger partial charge in [-0.1, -0.05) is 44.3 Å². The number of imidazole rings is 1. The van der Waals surface area contributed by atoms with Gasteiger partial charge in [-0.05, 0) is 50.1 Å². The third-order valence-corrected chi connectivity index (χ3v) is 5.34. The van der Waals surface area contributed by atoms with Crippen molar-refractivity contribution in [3.05, 3.63) is 60.1 Å². The van der Waals surface area contributed by atoms with Crippen molar-refractivity contribution in [3.8, 4) is 0 Å². The Bertz CT molecular complexity index is 929. The normalized spacial score (nSPS) is 16.9.